The molecule has 0 amide bonds. The average Bonchev–Trinajstić information content (AvgIpc) is 1.94. The van der Waals surface area contributed by atoms with E-state index < -0.39 is 7.32 Å². The molecule has 0 aromatic heterocycles. The van der Waals surface area contributed by atoms with E-state index in [9.17, 15) is 0 Å². The first-order chi connectivity index (χ1) is 5.52. The molecule has 4 nitrogen and oxygen atoms in total. The SMILES string of the molecule is OB(O)O.Oc1ccc(Cl)cc1.[InH3]. The third-order valence-electron chi connectivity index (χ3n) is 0.827. The summed E-state index contributed by atoms with van der Waals surface area (Å²) in [4.78, 5) is 0. The van der Waals surface area contributed by atoms with Crippen molar-refractivity contribution in [1.82, 2.24) is 0 Å². The predicted molar refractivity (Wildman–Crippen MR) is 55.5 cm³/mol. The van der Waals surface area contributed by atoms with Crippen molar-refractivity contribution >= 4 is 44.8 Å². The van der Waals surface area contributed by atoms with E-state index in [1.807, 2.05) is 0 Å². The molecule has 13 heavy (non-hydrogen) atoms. The quantitative estimate of drug-likeness (QED) is 0.454. The fourth-order valence-electron chi connectivity index (χ4n) is 0.441. The van der Waals surface area contributed by atoms with Crippen LogP contribution in [0.5, 0.6) is 5.75 Å². The van der Waals surface area contributed by atoms with E-state index in [4.69, 9.17) is 31.8 Å². The first kappa shape index (κ1) is 15.6. The van der Waals surface area contributed by atoms with Gasteiger partial charge in [0.25, 0.3) is 0 Å². The van der Waals surface area contributed by atoms with Gasteiger partial charge in [-0.2, -0.15) is 0 Å². The zero-order valence-corrected chi connectivity index (χ0v) is 6.81. The molecule has 1 aromatic carbocycles. The average molecular weight is 308 g/mol. The Morgan fingerprint density at radius 1 is 1.00 bits per heavy atom. The van der Waals surface area contributed by atoms with Crippen molar-refractivity contribution in [2.45, 2.75) is 0 Å². The van der Waals surface area contributed by atoms with Crippen LogP contribution >= 0.6 is 11.6 Å². The first-order valence-electron chi connectivity index (χ1n) is 3.01. The third kappa shape index (κ3) is 12.1. The van der Waals surface area contributed by atoms with Crippen molar-refractivity contribution in [1.29, 1.82) is 0 Å². The van der Waals surface area contributed by atoms with Crippen LogP contribution in [-0.4, -0.2) is 53.3 Å². The van der Waals surface area contributed by atoms with Gasteiger partial charge in [-0.25, -0.2) is 0 Å². The molecular formula is C6H11BClInO4. The van der Waals surface area contributed by atoms with Crippen LogP contribution in [0.25, 0.3) is 0 Å². The number of hydrogen-bond donors (Lipinski definition) is 4. The monoisotopic (exact) mass is 308 g/mol. The van der Waals surface area contributed by atoms with Crippen LogP contribution in [0, 0.1) is 0 Å². The number of hydrogen-bond acceptors (Lipinski definition) is 4. The summed E-state index contributed by atoms with van der Waals surface area (Å²) in [6, 6.07) is 6.36. The van der Waals surface area contributed by atoms with Gasteiger partial charge in [0, 0.05) is 5.02 Å². The Bertz CT molecular complexity index is 195. The molecule has 0 aliphatic carbocycles. The molecule has 0 unspecified atom stereocenters. The van der Waals surface area contributed by atoms with Crippen LogP contribution in [0.15, 0.2) is 24.3 Å². The van der Waals surface area contributed by atoms with E-state index in [0.717, 1.165) is 0 Å². The summed E-state index contributed by atoms with van der Waals surface area (Å²) >= 11 is 5.50. The third-order valence-corrected chi connectivity index (χ3v) is 1.08. The number of aromatic hydroxyl groups is 1. The van der Waals surface area contributed by atoms with Crippen LogP contribution in [0.1, 0.15) is 0 Å². The number of phenolic OH excluding ortho intramolecular Hbond substituents is 1. The standard InChI is InChI=1S/C6H5ClO.BH3O3.In.3H/c7-5-1-3-6(8)4-2-5;2-1(3)4;;;;/h1-4,8H;2-4H;;;;. The molecule has 0 saturated heterocycles. The molecule has 1 aromatic rings. The molecule has 72 valence electrons. The van der Waals surface area contributed by atoms with Crippen molar-refractivity contribution in [3.8, 4) is 5.75 Å². The van der Waals surface area contributed by atoms with Gasteiger partial charge in [-0.1, -0.05) is 11.6 Å². The number of rotatable bonds is 0. The van der Waals surface area contributed by atoms with E-state index >= 15 is 0 Å². The Morgan fingerprint density at radius 2 is 1.31 bits per heavy atom. The second-order valence-electron chi connectivity index (χ2n) is 1.82. The summed E-state index contributed by atoms with van der Waals surface area (Å²) in [5.74, 6) is 0.245. The fourth-order valence-corrected chi connectivity index (χ4v) is 0.567. The van der Waals surface area contributed by atoms with Crippen molar-refractivity contribution in [3.05, 3.63) is 29.3 Å². The first-order valence-corrected chi connectivity index (χ1v) is 3.39. The maximum absolute atomic E-state index is 8.70. The Morgan fingerprint density at radius 3 is 1.54 bits per heavy atom. The van der Waals surface area contributed by atoms with E-state index in [1.54, 1.807) is 24.3 Å². The van der Waals surface area contributed by atoms with Crippen LogP contribution in [0.3, 0.4) is 0 Å². The predicted octanol–water partition coefficient (Wildman–Crippen LogP) is -1.19. The van der Waals surface area contributed by atoms with Gasteiger partial charge in [0.1, 0.15) is 5.75 Å². The van der Waals surface area contributed by atoms with Gasteiger partial charge < -0.3 is 20.2 Å². The Kier molecular flexibility index (Phi) is 10.4. The second-order valence-corrected chi connectivity index (χ2v) is 2.26. The van der Waals surface area contributed by atoms with Gasteiger partial charge in [-0.15, -0.1) is 0 Å². The van der Waals surface area contributed by atoms with E-state index in [2.05, 4.69) is 0 Å². The Labute approximate surface area is 99.8 Å². The second kappa shape index (κ2) is 8.71. The number of benzene rings is 1. The van der Waals surface area contributed by atoms with Crippen LogP contribution < -0.4 is 0 Å². The zero-order chi connectivity index (χ0) is 9.56. The molecule has 4 N–H and O–H groups in total. The zero-order valence-electron chi connectivity index (χ0n) is 6.05. The molecular weight excluding hydrogens is 297 g/mol. The summed E-state index contributed by atoms with van der Waals surface area (Å²) < 4.78 is 0. The molecule has 0 aliphatic rings. The van der Waals surface area contributed by atoms with Gasteiger partial charge in [0.15, 0.2) is 0 Å². The minimum atomic E-state index is -2.17. The minimum absolute atomic E-state index is 0. The van der Waals surface area contributed by atoms with Crippen molar-refractivity contribution < 1.29 is 20.2 Å². The van der Waals surface area contributed by atoms with Gasteiger partial charge in [-0.3, -0.25) is 0 Å². The Hall–Kier alpha value is 0.125. The maximum atomic E-state index is 8.70. The molecule has 0 spiro atoms. The van der Waals surface area contributed by atoms with E-state index in [0.29, 0.717) is 5.02 Å². The molecule has 0 fully saturated rings. The fraction of sp³-hybridized carbons (Fsp3) is 0. The van der Waals surface area contributed by atoms with Gasteiger partial charge in [0.05, 0.1) is 0 Å². The molecule has 0 heterocycles. The van der Waals surface area contributed by atoms with Crippen LogP contribution in [-0.2, 0) is 0 Å². The molecule has 0 atom stereocenters. The normalized spacial score (nSPS) is 7.69. The number of phenols is 1. The van der Waals surface area contributed by atoms with E-state index in [-0.39, 0.29) is 31.6 Å². The summed E-state index contributed by atoms with van der Waals surface area (Å²) in [5, 5.41) is 30.8. The summed E-state index contributed by atoms with van der Waals surface area (Å²) in [6.45, 7) is 0. The molecule has 7 heteroatoms. The van der Waals surface area contributed by atoms with Gasteiger partial charge >= 0.3 is 33.2 Å². The van der Waals surface area contributed by atoms with Gasteiger partial charge in [-0.05, 0) is 24.3 Å². The summed E-state index contributed by atoms with van der Waals surface area (Å²) in [6.07, 6.45) is 0. The van der Waals surface area contributed by atoms with Crippen LogP contribution in [0.2, 0.25) is 5.02 Å². The van der Waals surface area contributed by atoms with Crippen LogP contribution in [0.4, 0.5) is 0 Å². The number of halogens is 1. The Balaban J connectivity index is 0. The summed E-state index contributed by atoms with van der Waals surface area (Å²) in [5.41, 5.74) is 0. The van der Waals surface area contributed by atoms with Crippen molar-refractivity contribution in [3.63, 3.8) is 0 Å². The molecule has 0 bridgehead atoms. The summed E-state index contributed by atoms with van der Waals surface area (Å²) in [7, 11) is -2.17. The van der Waals surface area contributed by atoms with Crippen molar-refractivity contribution in [2.24, 2.45) is 0 Å². The molecule has 1 rings (SSSR count). The molecule has 0 radical (unpaired) electrons. The van der Waals surface area contributed by atoms with E-state index in [1.165, 1.54) is 0 Å². The molecule has 0 saturated carbocycles. The molecule has 0 aliphatic heterocycles. The van der Waals surface area contributed by atoms with Crippen molar-refractivity contribution in [2.75, 3.05) is 0 Å². The van der Waals surface area contributed by atoms with Gasteiger partial charge in [0.2, 0.25) is 0 Å². The topological polar surface area (TPSA) is 80.9 Å².